The molecule has 0 aliphatic rings. The topological polar surface area (TPSA) is 101 Å². The lowest BCUT2D eigenvalue weighted by molar-refractivity contribution is -0.431. The molecule has 3 rings (SSSR count). The molecule has 2 aromatic carbocycles. The molecule has 124 valence electrons. The van der Waals surface area contributed by atoms with Crippen molar-refractivity contribution in [3.8, 4) is 0 Å². The summed E-state index contributed by atoms with van der Waals surface area (Å²) in [5.74, 6) is 0.0566. The average Bonchev–Trinajstić information content (AvgIpc) is 3.07. The molecule has 0 spiro atoms. The third kappa shape index (κ3) is 3.87. The third-order valence-corrected chi connectivity index (χ3v) is 4.97. The normalized spacial score (nSPS) is 12.9. The Balaban J connectivity index is 1.75. The second kappa shape index (κ2) is 6.94. The maximum Gasteiger partial charge on any atom is 0.336 e. The lowest BCUT2D eigenvalue weighted by Gasteiger charge is -2.03. The van der Waals surface area contributed by atoms with Gasteiger partial charge in [-0.1, -0.05) is 65.8 Å². The molecule has 0 unspecified atom stereocenters. The van der Waals surface area contributed by atoms with Gasteiger partial charge in [-0.25, -0.2) is 8.42 Å². The fraction of sp³-hybridized carbons (Fsp3) is 0.176. The monoisotopic (exact) mass is 344 g/mol. The van der Waals surface area contributed by atoms with E-state index in [1.54, 1.807) is 24.3 Å². The number of hydrogen-bond acceptors (Lipinski definition) is 5. The number of rotatable bonds is 6. The Morgan fingerprint density at radius 2 is 1.50 bits per heavy atom. The van der Waals surface area contributed by atoms with Crippen LogP contribution in [0.15, 0.2) is 70.3 Å². The van der Waals surface area contributed by atoms with Gasteiger partial charge in [0, 0.05) is 6.42 Å². The number of sulfone groups is 1. The lowest BCUT2D eigenvalue weighted by atomic mass is 10.1. The SMILES string of the molecule is [NH3+][C@@H](Cc1ccccc1)c1nnc(S(=O)(=O)Cc2ccccc2)o1. The molecule has 1 heterocycles. The highest BCUT2D eigenvalue weighted by atomic mass is 32.2. The van der Waals surface area contributed by atoms with Gasteiger partial charge in [0.15, 0.2) is 6.04 Å². The molecular weight excluding hydrogens is 326 g/mol. The van der Waals surface area contributed by atoms with E-state index in [0.717, 1.165) is 5.56 Å². The van der Waals surface area contributed by atoms with Crippen LogP contribution in [-0.2, 0) is 22.0 Å². The molecule has 1 atom stereocenters. The standard InChI is InChI=1S/C17H17N3O3S/c18-15(11-13-7-3-1-4-8-13)16-19-20-17(23-16)24(21,22)12-14-9-5-2-6-10-14/h1-10,15H,11-12,18H2/p+1/t15-/m0/s1. The van der Waals surface area contributed by atoms with Crippen molar-refractivity contribution in [3.63, 3.8) is 0 Å². The van der Waals surface area contributed by atoms with Crippen molar-refractivity contribution in [1.29, 1.82) is 0 Å². The summed E-state index contributed by atoms with van der Waals surface area (Å²) in [5, 5.41) is 7.21. The van der Waals surface area contributed by atoms with Gasteiger partial charge in [-0.15, -0.1) is 5.10 Å². The summed E-state index contributed by atoms with van der Waals surface area (Å²) in [6.45, 7) is 0. The maximum atomic E-state index is 12.4. The number of quaternary nitrogens is 1. The molecule has 0 aliphatic carbocycles. The predicted molar refractivity (Wildman–Crippen MR) is 87.4 cm³/mol. The molecule has 7 heteroatoms. The molecule has 6 nitrogen and oxygen atoms in total. The molecule has 3 N–H and O–H groups in total. The van der Waals surface area contributed by atoms with Crippen LogP contribution in [0.4, 0.5) is 0 Å². The van der Waals surface area contributed by atoms with Crippen LogP contribution in [0.3, 0.4) is 0 Å². The van der Waals surface area contributed by atoms with E-state index in [0.29, 0.717) is 12.0 Å². The van der Waals surface area contributed by atoms with Gasteiger partial charge in [0.1, 0.15) is 0 Å². The second-order valence-electron chi connectivity index (χ2n) is 5.54. The van der Waals surface area contributed by atoms with Gasteiger partial charge >= 0.3 is 5.22 Å². The first-order chi connectivity index (χ1) is 11.5. The van der Waals surface area contributed by atoms with E-state index in [9.17, 15) is 8.42 Å². The van der Waals surface area contributed by atoms with Gasteiger partial charge in [0.05, 0.1) is 5.75 Å². The molecule has 0 amide bonds. The van der Waals surface area contributed by atoms with Gasteiger partial charge in [0.2, 0.25) is 9.84 Å². The molecule has 0 saturated heterocycles. The maximum absolute atomic E-state index is 12.4. The average molecular weight is 344 g/mol. The fourth-order valence-electron chi connectivity index (χ4n) is 2.35. The minimum atomic E-state index is -3.67. The van der Waals surface area contributed by atoms with E-state index in [2.05, 4.69) is 15.9 Å². The summed E-state index contributed by atoms with van der Waals surface area (Å²) >= 11 is 0. The molecule has 0 bridgehead atoms. The van der Waals surface area contributed by atoms with Crippen LogP contribution < -0.4 is 5.73 Å². The van der Waals surface area contributed by atoms with Gasteiger partial charge in [-0.05, 0) is 11.1 Å². The molecule has 0 aliphatic heterocycles. The molecule has 1 aromatic heterocycles. The Labute approximate surface area is 140 Å². The number of aromatic nitrogens is 2. The summed E-state index contributed by atoms with van der Waals surface area (Å²) in [4.78, 5) is 0. The number of hydrogen-bond donors (Lipinski definition) is 1. The van der Waals surface area contributed by atoms with E-state index in [1.807, 2.05) is 36.4 Å². The Kier molecular flexibility index (Phi) is 4.73. The molecule has 24 heavy (non-hydrogen) atoms. The summed E-state index contributed by atoms with van der Waals surface area (Å²) < 4.78 is 30.1. The Bertz CT molecular complexity index is 893. The smallest absolute Gasteiger partial charge is 0.336 e. The van der Waals surface area contributed by atoms with Crippen LogP contribution >= 0.6 is 0 Å². The van der Waals surface area contributed by atoms with Gasteiger partial charge in [0.25, 0.3) is 5.89 Å². The van der Waals surface area contributed by atoms with Gasteiger partial charge in [-0.3, -0.25) is 0 Å². The van der Waals surface area contributed by atoms with E-state index in [-0.39, 0.29) is 22.9 Å². The number of nitrogens with zero attached hydrogens (tertiary/aromatic N) is 2. The summed E-state index contributed by atoms with van der Waals surface area (Å²) in [6, 6.07) is 18.3. The third-order valence-electron chi connectivity index (χ3n) is 3.56. The summed E-state index contributed by atoms with van der Waals surface area (Å²) in [7, 11) is -3.67. The molecule has 3 aromatic rings. The van der Waals surface area contributed by atoms with E-state index < -0.39 is 9.84 Å². The van der Waals surface area contributed by atoms with Crippen LogP contribution in [0.1, 0.15) is 23.1 Å². The van der Waals surface area contributed by atoms with Crippen LogP contribution in [0.25, 0.3) is 0 Å². The largest absolute Gasteiger partial charge is 0.406 e. The van der Waals surface area contributed by atoms with Crippen molar-refractivity contribution in [2.24, 2.45) is 0 Å². The first kappa shape index (κ1) is 16.4. The summed E-state index contributed by atoms with van der Waals surface area (Å²) in [5.41, 5.74) is 5.74. The van der Waals surface area contributed by atoms with Crippen molar-refractivity contribution in [1.82, 2.24) is 10.2 Å². The van der Waals surface area contributed by atoms with Crippen molar-refractivity contribution < 1.29 is 18.6 Å². The van der Waals surface area contributed by atoms with Crippen molar-refractivity contribution in [2.75, 3.05) is 0 Å². The minimum absolute atomic E-state index is 0.171. The van der Waals surface area contributed by atoms with E-state index in [1.165, 1.54) is 0 Å². The van der Waals surface area contributed by atoms with Crippen LogP contribution in [0.2, 0.25) is 0 Å². The highest BCUT2D eigenvalue weighted by molar-refractivity contribution is 7.90. The Morgan fingerprint density at radius 3 is 2.12 bits per heavy atom. The van der Waals surface area contributed by atoms with Crippen LogP contribution in [0.5, 0.6) is 0 Å². The zero-order chi connectivity index (χ0) is 17.0. The molecular formula is C17H18N3O3S+. The zero-order valence-electron chi connectivity index (χ0n) is 13.0. The number of benzene rings is 2. The fourth-order valence-corrected chi connectivity index (χ4v) is 3.48. The van der Waals surface area contributed by atoms with Crippen molar-refractivity contribution in [3.05, 3.63) is 77.7 Å². The van der Waals surface area contributed by atoms with E-state index in [4.69, 9.17) is 4.42 Å². The Morgan fingerprint density at radius 1 is 0.917 bits per heavy atom. The predicted octanol–water partition coefficient (Wildman–Crippen LogP) is 1.57. The first-order valence-corrected chi connectivity index (χ1v) is 9.17. The second-order valence-corrected chi connectivity index (χ2v) is 7.40. The van der Waals surface area contributed by atoms with Crippen LogP contribution in [0, 0.1) is 0 Å². The lowest BCUT2D eigenvalue weighted by Crippen LogP contribution is -2.54. The Hall–Kier alpha value is -2.51. The highest BCUT2D eigenvalue weighted by Gasteiger charge is 2.26. The molecule has 0 fully saturated rings. The van der Waals surface area contributed by atoms with Crippen molar-refractivity contribution >= 4 is 9.84 Å². The minimum Gasteiger partial charge on any atom is -0.406 e. The van der Waals surface area contributed by atoms with Gasteiger partial charge < -0.3 is 10.2 Å². The van der Waals surface area contributed by atoms with Crippen molar-refractivity contribution in [2.45, 2.75) is 23.4 Å². The quantitative estimate of drug-likeness (QED) is 0.731. The summed E-state index contributed by atoms with van der Waals surface area (Å²) in [6.07, 6.45) is 0.598. The van der Waals surface area contributed by atoms with Crippen LogP contribution in [-0.4, -0.2) is 18.6 Å². The first-order valence-electron chi connectivity index (χ1n) is 7.52. The molecule has 0 saturated carbocycles. The zero-order valence-corrected chi connectivity index (χ0v) is 13.8. The molecule has 0 radical (unpaired) electrons. The highest BCUT2D eigenvalue weighted by Crippen LogP contribution is 2.19. The van der Waals surface area contributed by atoms with E-state index >= 15 is 0 Å². The van der Waals surface area contributed by atoms with Gasteiger partial charge in [-0.2, -0.15) is 0 Å².